The molecule has 0 amide bonds. The van der Waals surface area contributed by atoms with Gasteiger partial charge < -0.3 is 238 Å². The molecular formula is C63H114O48. The van der Waals surface area contributed by atoms with Gasteiger partial charge in [0.05, 0.1) is 59.5 Å². The molecule has 0 aromatic heterocycles. The third-order valence-corrected chi connectivity index (χ3v) is 19.6. The zero-order valence-electron chi connectivity index (χ0n) is 60.4. The molecule has 0 bridgehead atoms. The summed E-state index contributed by atoms with van der Waals surface area (Å²) in [5, 5.41) is 302. The second-order valence-electron chi connectivity index (χ2n) is 27.7. The molecule has 9 fully saturated rings. The Morgan fingerprint density at radius 1 is 0.180 bits per heavy atom. The molecule has 45 atom stereocenters. The summed E-state index contributed by atoms with van der Waals surface area (Å²) in [6, 6.07) is 0. The Kier molecular flexibility index (Phi) is 38.9. The van der Waals surface area contributed by atoms with Crippen molar-refractivity contribution in [1.82, 2.24) is 0 Å². The molecule has 0 aliphatic carbocycles. The lowest BCUT2D eigenvalue weighted by Gasteiger charge is -2.46. The maximum atomic E-state index is 10.9. The van der Waals surface area contributed by atoms with Crippen molar-refractivity contribution < 1.29 is 238 Å². The van der Waals surface area contributed by atoms with Crippen LogP contribution in [0.5, 0.6) is 0 Å². The number of ether oxygens (including phenoxy) is 18. The van der Waals surface area contributed by atoms with Gasteiger partial charge in [-0.2, -0.15) is 0 Å². The van der Waals surface area contributed by atoms with E-state index in [0.717, 1.165) is 0 Å². The molecule has 0 spiro atoms. The molecule has 30 N–H and O–H groups in total. The molecule has 9 aliphatic heterocycles. The minimum atomic E-state index is -1.81. The van der Waals surface area contributed by atoms with Crippen molar-refractivity contribution >= 4 is 0 Å². The molecule has 2 unspecified atom stereocenters. The van der Waals surface area contributed by atoms with Gasteiger partial charge in [0.1, 0.15) is 220 Å². The van der Waals surface area contributed by atoms with Crippen LogP contribution in [0.4, 0.5) is 0 Å². The Labute approximate surface area is 632 Å². The molecular weight excluding hydrogens is 1520 g/mol. The van der Waals surface area contributed by atoms with Gasteiger partial charge in [0, 0.05) is 19.8 Å². The summed E-state index contributed by atoms with van der Waals surface area (Å²) in [6.45, 7) is 0.0734. The highest BCUT2D eigenvalue weighted by molar-refractivity contribution is 5.00. The lowest BCUT2D eigenvalue weighted by atomic mass is 9.96. The fraction of sp³-hybridized carbons (Fsp3) is 1.00. The van der Waals surface area contributed by atoms with Crippen LogP contribution in [0.3, 0.4) is 0 Å². The fourth-order valence-corrected chi connectivity index (χ4v) is 12.9. The molecule has 48 heteroatoms. The van der Waals surface area contributed by atoms with Crippen molar-refractivity contribution in [1.29, 1.82) is 0 Å². The van der Waals surface area contributed by atoms with E-state index in [-0.39, 0.29) is 19.8 Å². The average Bonchev–Trinajstić information content (AvgIpc) is 0.832. The van der Waals surface area contributed by atoms with Crippen LogP contribution in [-0.4, -0.2) is 509 Å². The van der Waals surface area contributed by atoms with Crippen molar-refractivity contribution in [3.63, 3.8) is 0 Å². The predicted octanol–water partition coefficient (Wildman–Crippen LogP) is -18.4. The molecule has 9 saturated heterocycles. The molecule has 9 aliphatic rings. The molecule has 0 radical (unpaired) electrons. The van der Waals surface area contributed by atoms with Crippen LogP contribution in [0.1, 0.15) is 40.0 Å². The first-order valence-corrected chi connectivity index (χ1v) is 36.2. The van der Waals surface area contributed by atoms with Gasteiger partial charge in [-0.1, -0.05) is 20.8 Å². The van der Waals surface area contributed by atoms with E-state index in [1.165, 1.54) is 0 Å². The van der Waals surface area contributed by atoms with E-state index < -0.39 is 336 Å². The number of hydrogen-bond acceptors (Lipinski definition) is 48. The van der Waals surface area contributed by atoms with Gasteiger partial charge in [0.2, 0.25) is 0 Å². The van der Waals surface area contributed by atoms with Gasteiger partial charge in [0.25, 0.3) is 0 Å². The quantitative estimate of drug-likeness (QED) is 0.0318. The SMILES string of the molecule is CCCO[C@@H]1O[C@H](COC2O[C@H](CO)[C@@H](O)[C@H](O)[C@@H]2O)[C@@H](O)[C@H](O[C@H]2O[C@H](CO)[C@@H](O)[C@H](O)[C@@H]2O)[C@H]1O.CCCO[C@H]1O[C@H](COC2O[C@H](CO)[C@@H](O)[C@H](O)[C@@H]2O)[C@@H](O)[C@H](O[C@H]2O[C@H](CO)[C@@H](O)[C@H](O)[C@@H]2O)[C@H]1O.CCCO[C@H]1O[C@H](CO[C@H]2O[C@H](CO)[C@@H](O)[C@H](O)[C@@H]2O)[C@@H](O)[C@H](O[C@H]2O[C@H](CO)[C@@H](O)[C@H](O)[C@@H]2O)[C@@H]1O. The van der Waals surface area contributed by atoms with Crippen molar-refractivity contribution in [2.45, 2.75) is 316 Å². The van der Waals surface area contributed by atoms with E-state index in [2.05, 4.69) is 0 Å². The zero-order valence-corrected chi connectivity index (χ0v) is 60.4. The summed E-state index contributed by atoms with van der Waals surface area (Å²) >= 11 is 0. The zero-order chi connectivity index (χ0) is 82.3. The van der Waals surface area contributed by atoms with Gasteiger partial charge in [-0.25, -0.2) is 0 Å². The molecule has 9 heterocycles. The third kappa shape index (κ3) is 23.2. The van der Waals surface area contributed by atoms with Gasteiger partial charge in [-0.15, -0.1) is 0 Å². The van der Waals surface area contributed by atoms with E-state index in [1.807, 2.05) is 0 Å². The summed E-state index contributed by atoms with van der Waals surface area (Å²) in [6.07, 6.45) is -68.8. The first-order chi connectivity index (χ1) is 52.6. The smallest absolute Gasteiger partial charge is 0.187 e. The standard InChI is InChI=1S/3C21H38O16/c3*1-2-3-32-20-17(31)18(37-21-16(30)14(28)11(25)8(5-23)35-21)12(26)9(36-20)6-33-19-15(29)13(27)10(24)7(4-22)34-19/h3*7-31H,2-6H2,1H3/t7-,8-,9-,10-,11-,12-,13+,14+,15+,16+,17+,18+,19+,20+,21-;7-,8-,9-,10-,11-,12-,13+,14+,15+,16+,17-,18+,19?,20+,21-;7-,8-,9-,10-,11-,12-,13+,14+,15+,16+,17-,18+,19?,20-,21-/m111/s1. The second-order valence-corrected chi connectivity index (χ2v) is 27.7. The van der Waals surface area contributed by atoms with Crippen LogP contribution in [-0.2, 0) is 85.3 Å². The third-order valence-electron chi connectivity index (χ3n) is 19.6. The lowest BCUT2D eigenvalue weighted by Crippen LogP contribution is -2.65. The molecule has 654 valence electrons. The second kappa shape index (κ2) is 44.9. The lowest BCUT2D eigenvalue weighted by molar-refractivity contribution is -0.366. The van der Waals surface area contributed by atoms with Gasteiger partial charge in [-0.05, 0) is 19.3 Å². The fourth-order valence-electron chi connectivity index (χ4n) is 12.9. The van der Waals surface area contributed by atoms with Crippen LogP contribution >= 0.6 is 0 Å². The van der Waals surface area contributed by atoms with E-state index in [0.29, 0.717) is 19.3 Å². The molecule has 9 rings (SSSR count). The summed E-state index contributed by atoms with van der Waals surface area (Å²) in [5.74, 6) is 0. The summed E-state index contributed by atoms with van der Waals surface area (Å²) in [5.41, 5.74) is 0. The highest BCUT2D eigenvalue weighted by atomic mass is 16.8. The average molecular weight is 1640 g/mol. The molecule has 0 aromatic carbocycles. The van der Waals surface area contributed by atoms with Crippen LogP contribution in [0.15, 0.2) is 0 Å². The van der Waals surface area contributed by atoms with Gasteiger partial charge in [-0.3, -0.25) is 0 Å². The Morgan fingerprint density at radius 2 is 0.342 bits per heavy atom. The maximum Gasteiger partial charge on any atom is 0.187 e. The predicted molar refractivity (Wildman–Crippen MR) is 346 cm³/mol. The molecule has 0 aromatic rings. The normalized spacial score (nSPS) is 49.2. The topological polar surface area (TPSA) is 773 Å². The monoisotopic (exact) mass is 1640 g/mol. The Bertz CT molecular complexity index is 2320. The maximum absolute atomic E-state index is 10.9. The first-order valence-electron chi connectivity index (χ1n) is 36.2. The van der Waals surface area contributed by atoms with E-state index in [9.17, 15) is 153 Å². The van der Waals surface area contributed by atoms with Crippen molar-refractivity contribution in [3.8, 4) is 0 Å². The Morgan fingerprint density at radius 3 is 0.523 bits per heavy atom. The first kappa shape index (κ1) is 96.2. The van der Waals surface area contributed by atoms with Crippen LogP contribution in [0, 0.1) is 0 Å². The largest absolute Gasteiger partial charge is 0.394 e. The molecule has 48 nitrogen and oxygen atoms in total. The Hall–Kier alpha value is -1.92. The van der Waals surface area contributed by atoms with Crippen LogP contribution < -0.4 is 0 Å². The number of hydrogen-bond donors (Lipinski definition) is 30. The van der Waals surface area contributed by atoms with Crippen molar-refractivity contribution in [2.75, 3.05) is 79.3 Å². The highest BCUT2D eigenvalue weighted by Crippen LogP contribution is 2.36. The highest BCUT2D eigenvalue weighted by Gasteiger charge is 2.57. The number of aliphatic hydroxyl groups excluding tert-OH is 30. The molecule has 0 saturated carbocycles. The van der Waals surface area contributed by atoms with E-state index >= 15 is 0 Å². The van der Waals surface area contributed by atoms with E-state index in [1.54, 1.807) is 20.8 Å². The Balaban J connectivity index is 0.000000231. The number of aliphatic hydroxyl groups is 30. The summed E-state index contributed by atoms with van der Waals surface area (Å²) < 4.78 is 98.1. The number of rotatable bonds is 30. The minimum Gasteiger partial charge on any atom is -0.394 e. The van der Waals surface area contributed by atoms with Crippen molar-refractivity contribution in [2.24, 2.45) is 0 Å². The van der Waals surface area contributed by atoms with Gasteiger partial charge in [0.15, 0.2) is 56.6 Å². The minimum absolute atomic E-state index is 0.144. The van der Waals surface area contributed by atoms with E-state index in [4.69, 9.17) is 85.3 Å². The summed E-state index contributed by atoms with van der Waals surface area (Å²) in [4.78, 5) is 0. The van der Waals surface area contributed by atoms with Crippen LogP contribution in [0.25, 0.3) is 0 Å². The van der Waals surface area contributed by atoms with Crippen molar-refractivity contribution in [3.05, 3.63) is 0 Å². The summed E-state index contributed by atoms with van der Waals surface area (Å²) in [7, 11) is 0. The van der Waals surface area contributed by atoms with Gasteiger partial charge >= 0.3 is 0 Å². The molecule has 111 heavy (non-hydrogen) atoms. The van der Waals surface area contributed by atoms with Crippen LogP contribution in [0.2, 0.25) is 0 Å².